The molecule has 0 saturated heterocycles. The minimum Gasteiger partial charge on any atom is -0.493 e. The summed E-state index contributed by atoms with van der Waals surface area (Å²) >= 11 is 0. The quantitative estimate of drug-likeness (QED) is 0.752. The van der Waals surface area contributed by atoms with Gasteiger partial charge >= 0.3 is 0 Å². The van der Waals surface area contributed by atoms with Crippen molar-refractivity contribution < 1.29 is 14.3 Å². The Hall–Kier alpha value is -1.26. The molecule has 0 aliphatic rings. The van der Waals surface area contributed by atoms with Gasteiger partial charge in [0.2, 0.25) is 0 Å². The Morgan fingerprint density at radius 2 is 1.87 bits per heavy atom. The number of nitrogens with one attached hydrogen (secondary N) is 1. The van der Waals surface area contributed by atoms with E-state index in [-0.39, 0.29) is 0 Å². The zero-order valence-corrected chi connectivity index (χ0v) is 9.59. The third kappa shape index (κ3) is 2.61. The van der Waals surface area contributed by atoms with Crippen LogP contribution in [0.25, 0.3) is 0 Å². The second kappa shape index (κ2) is 5.58. The number of hydrogen-bond acceptors (Lipinski definition) is 4. The lowest BCUT2D eigenvalue weighted by Gasteiger charge is -2.15. The van der Waals surface area contributed by atoms with E-state index in [4.69, 9.17) is 14.3 Å². The number of hydroxylamine groups is 1. The molecule has 1 aromatic carbocycles. The van der Waals surface area contributed by atoms with Gasteiger partial charge in [-0.25, -0.2) is 0 Å². The van der Waals surface area contributed by atoms with Crippen LogP contribution in [0, 0.1) is 6.92 Å². The number of methoxy groups -OCH3 is 2. The molecule has 15 heavy (non-hydrogen) atoms. The Balaban J connectivity index is 3.07. The lowest BCUT2D eigenvalue weighted by molar-refractivity contribution is 0.0859. The molecule has 0 amide bonds. The van der Waals surface area contributed by atoms with Gasteiger partial charge in [0.1, 0.15) is 0 Å². The summed E-state index contributed by atoms with van der Waals surface area (Å²) in [6.45, 7) is 2.61. The summed E-state index contributed by atoms with van der Waals surface area (Å²) in [6, 6.07) is 3.89. The van der Waals surface area contributed by atoms with Crippen molar-refractivity contribution in [3.05, 3.63) is 23.3 Å². The molecule has 0 radical (unpaired) electrons. The average Bonchev–Trinajstić information content (AvgIpc) is 2.27. The third-order valence-corrected chi connectivity index (χ3v) is 2.28. The highest BCUT2D eigenvalue weighted by atomic mass is 16.6. The summed E-state index contributed by atoms with van der Waals surface area (Å²) in [4.78, 5) is 4.83. The predicted octanol–water partition coefficient (Wildman–Crippen LogP) is 1.66. The molecule has 0 bridgehead atoms. The van der Waals surface area contributed by atoms with Gasteiger partial charge in [-0.2, -0.15) is 5.48 Å². The van der Waals surface area contributed by atoms with Crippen LogP contribution in [0.2, 0.25) is 0 Å². The summed E-state index contributed by atoms with van der Waals surface area (Å²) in [5, 5.41) is 0. The van der Waals surface area contributed by atoms with Gasteiger partial charge in [-0.15, -0.1) is 0 Å². The van der Waals surface area contributed by atoms with Crippen molar-refractivity contribution in [1.29, 1.82) is 0 Å². The van der Waals surface area contributed by atoms with Crippen LogP contribution in [0.5, 0.6) is 11.5 Å². The highest BCUT2D eigenvalue weighted by Crippen LogP contribution is 2.32. The Labute approximate surface area is 90.1 Å². The Morgan fingerprint density at radius 3 is 2.40 bits per heavy atom. The van der Waals surface area contributed by atoms with Crippen LogP contribution < -0.4 is 15.0 Å². The van der Waals surface area contributed by atoms with E-state index in [9.17, 15) is 0 Å². The second-order valence-corrected chi connectivity index (χ2v) is 3.12. The molecule has 0 atom stereocenters. The van der Waals surface area contributed by atoms with Gasteiger partial charge in [0.15, 0.2) is 11.5 Å². The minimum atomic E-state index is 0.586. The zero-order valence-electron chi connectivity index (χ0n) is 9.59. The smallest absolute Gasteiger partial charge is 0.165 e. The van der Waals surface area contributed by atoms with Gasteiger partial charge in [0, 0.05) is 5.56 Å². The average molecular weight is 211 g/mol. The number of hydrogen-bond donors (Lipinski definition) is 1. The van der Waals surface area contributed by atoms with Crippen molar-refractivity contribution in [2.24, 2.45) is 0 Å². The van der Waals surface area contributed by atoms with Crippen molar-refractivity contribution in [2.45, 2.75) is 13.5 Å². The highest BCUT2D eigenvalue weighted by molar-refractivity contribution is 5.50. The molecule has 1 N–H and O–H groups in total. The van der Waals surface area contributed by atoms with E-state index in [0.717, 1.165) is 22.6 Å². The fraction of sp³-hybridized carbons (Fsp3) is 0.455. The molecule has 4 nitrogen and oxygen atoms in total. The van der Waals surface area contributed by atoms with Gasteiger partial charge in [0.25, 0.3) is 0 Å². The van der Waals surface area contributed by atoms with Crippen molar-refractivity contribution in [3.63, 3.8) is 0 Å². The van der Waals surface area contributed by atoms with E-state index >= 15 is 0 Å². The lowest BCUT2D eigenvalue weighted by Crippen LogP contribution is -2.13. The molecular weight excluding hydrogens is 194 g/mol. The second-order valence-electron chi connectivity index (χ2n) is 3.12. The first-order valence-electron chi connectivity index (χ1n) is 4.70. The molecule has 4 heteroatoms. The van der Waals surface area contributed by atoms with Gasteiger partial charge in [-0.1, -0.05) is 6.07 Å². The molecule has 0 saturated carbocycles. The van der Waals surface area contributed by atoms with Crippen molar-refractivity contribution in [2.75, 3.05) is 21.3 Å². The fourth-order valence-electron chi connectivity index (χ4n) is 1.45. The first-order chi connectivity index (χ1) is 7.24. The van der Waals surface area contributed by atoms with Crippen molar-refractivity contribution in [3.8, 4) is 11.5 Å². The van der Waals surface area contributed by atoms with E-state index in [0.29, 0.717) is 6.54 Å². The van der Waals surface area contributed by atoms with E-state index < -0.39 is 0 Å². The Morgan fingerprint density at radius 1 is 1.13 bits per heavy atom. The van der Waals surface area contributed by atoms with Crippen LogP contribution >= 0.6 is 0 Å². The monoisotopic (exact) mass is 211 g/mol. The zero-order chi connectivity index (χ0) is 11.3. The SMILES string of the molecule is CONCc1c(C)ccc(OC)c1OC. The van der Waals surface area contributed by atoms with Gasteiger partial charge in [-0.3, -0.25) is 0 Å². The predicted molar refractivity (Wildman–Crippen MR) is 58.1 cm³/mol. The van der Waals surface area contributed by atoms with E-state index in [2.05, 4.69) is 5.48 Å². The number of ether oxygens (including phenoxy) is 2. The molecule has 84 valence electrons. The first-order valence-corrected chi connectivity index (χ1v) is 4.70. The highest BCUT2D eigenvalue weighted by Gasteiger charge is 2.11. The van der Waals surface area contributed by atoms with Crippen LogP contribution in [0.3, 0.4) is 0 Å². The largest absolute Gasteiger partial charge is 0.493 e. The van der Waals surface area contributed by atoms with E-state index in [1.807, 2.05) is 19.1 Å². The summed E-state index contributed by atoms with van der Waals surface area (Å²) in [7, 11) is 4.84. The summed E-state index contributed by atoms with van der Waals surface area (Å²) in [6.07, 6.45) is 0. The first kappa shape index (κ1) is 11.8. The van der Waals surface area contributed by atoms with Crippen molar-refractivity contribution in [1.82, 2.24) is 5.48 Å². The topological polar surface area (TPSA) is 39.7 Å². The minimum absolute atomic E-state index is 0.586. The molecule has 0 spiro atoms. The third-order valence-electron chi connectivity index (χ3n) is 2.28. The maximum Gasteiger partial charge on any atom is 0.165 e. The molecule has 0 fully saturated rings. The van der Waals surface area contributed by atoms with Crippen molar-refractivity contribution >= 4 is 0 Å². The van der Waals surface area contributed by atoms with Crippen LogP contribution in [0.1, 0.15) is 11.1 Å². The maximum atomic E-state index is 5.32. The molecule has 0 unspecified atom stereocenters. The number of rotatable bonds is 5. The van der Waals surface area contributed by atoms with Crippen LogP contribution in [0.4, 0.5) is 0 Å². The van der Waals surface area contributed by atoms with E-state index in [1.54, 1.807) is 21.3 Å². The summed E-state index contributed by atoms with van der Waals surface area (Å²) < 4.78 is 10.5. The summed E-state index contributed by atoms with van der Waals surface area (Å²) in [5.41, 5.74) is 4.97. The van der Waals surface area contributed by atoms with Gasteiger partial charge in [-0.05, 0) is 18.6 Å². The fourth-order valence-corrected chi connectivity index (χ4v) is 1.45. The molecule has 0 heterocycles. The van der Waals surface area contributed by atoms with Crippen LogP contribution in [-0.2, 0) is 11.4 Å². The Bertz CT molecular complexity index is 326. The van der Waals surface area contributed by atoms with Crippen LogP contribution in [-0.4, -0.2) is 21.3 Å². The molecular formula is C11H17NO3. The normalized spacial score (nSPS) is 10.1. The van der Waals surface area contributed by atoms with Gasteiger partial charge in [0.05, 0.1) is 27.9 Å². The molecule has 1 rings (SSSR count). The molecule has 0 aliphatic heterocycles. The Kier molecular flexibility index (Phi) is 4.39. The molecule has 1 aromatic rings. The van der Waals surface area contributed by atoms with Gasteiger partial charge < -0.3 is 14.3 Å². The maximum absolute atomic E-state index is 5.32. The van der Waals surface area contributed by atoms with Crippen LogP contribution in [0.15, 0.2) is 12.1 Å². The number of benzene rings is 1. The standard InChI is InChI=1S/C11H17NO3/c1-8-5-6-10(13-2)11(14-3)9(8)7-12-15-4/h5-6,12H,7H2,1-4H3. The molecule has 0 aromatic heterocycles. The van der Waals surface area contributed by atoms with E-state index in [1.165, 1.54) is 0 Å². The molecule has 0 aliphatic carbocycles. The lowest BCUT2D eigenvalue weighted by atomic mass is 10.1. The summed E-state index contributed by atoms with van der Waals surface area (Å²) in [5.74, 6) is 1.48. The number of aryl methyl sites for hydroxylation is 1.